The van der Waals surface area contributed by atoms with Crippen molar-refractivity contribution < 1.29 is 5.21 Å². The molecule has 1 saturated carbocycles. The van der Waals surface area contributed by atoms with Crippen LogP contribution in [0.2, 0.25) is 5.02 Å². The van der Waals surface area contributed by atoms with Crippen molar-refractivity contribution in [3.63, 3.8) is 0 Å². The van der Waals surface area contributed by atoms with Crippen LogP contribution in [0.4, 0.5) is 0 Å². The molecular formula is C15H22ClN3O. The molecule has 1 aromatic rings. The highest BCUT2D eigenvalue weighted by molar-refractivity contribution is 6.30. The Morgan fingerprint density at radius 1 is 1.55 bits per heavy atom. The van der Waals surface area contributed by atoms with Crippen molar-refractivity contribution in [2.45, 2.75) is 32.2 Å². The quantitative estimate of drug-likeness (QED) is 0.366. The minimum Gasteiger partial charge on any atom is -0.409 e. The summed E-state index contributed by atoms with van der Waals surface area (Å²) in [6.45, 7) is 3.11. The first-order valence-corrected chi connectivity index (χ1v) is 7.26. The predicted molar refractivity (Wildman–Crippen MR) is 82.2 cm³/mol. The smallest absolute Gasteiger partial charge is 0.139 e. The number of hydrogen-bond acceptors (Lipinski definition) is 3. The minimum atomic E-state index is 0.178. The van der Waals surface area contributed by atoms with Gasteiger partial charge in [0.2, 0.25) is 0 Å². The van der Waals surface area contributed by atoms with Crippen LogP contribution < -0.4 is 5.73 Å². The molecule has 0 aromatic heterocycles. The molecule has 0 amide bonds. The normalized spacial score (nSPS) is 19.1. The van der Waals surface area contributed by atoms with Crippen LogP contribution in [-0.2, 0) is 0 Å². The second-order valence-corrected chi connectivity index (χ2v) is 6.35. The van der Waals surface area contributed by atoms with Gasteiger partial charge in [-0.2, -0.15) is 0 Å². The molecule has 1 aliphatic rings. The summed E-state index contributed by atoms with van der Waals surface area (Å²) in [5, 5.41) is 12.6. The molecule has 1 fully saturated rings. The molecule has 1 aromatic carbocycles. The summed E-state index contributed by atoms with van der Waals surface area (Å²) in [5.74, 6) is 0.325. The first kappa shape index (κ1) is 15.1. The van der Waals surface area contributed by atoms with E-state index in [4.69, 9.17) is 22.5 Å². The Labute approximate surface area is 125 Å². The zero-order valence-electron chi connectivity index (χ0n) is 12.0. The van der Waals surface area contributed by atoms with E-state index in [2.05, 4.69) is 30.1 Å². The Kier molecular flexibility index (Phi) is 4.55. The van der Waals surface area contributed by atoms with E-state index in [1.54, 1.807) is 0 Å². The summed E-state index contributed by atoms with van der Waals surface area (Å²) in [7, 11) is 2.11. The van der Waals surface area contributed by atoms with Gasteiger partial charge < -0.3 is 10.9 Å². The van der Waals surface area contributed by atoms with Crippen LogP contribution in [0.5, 0.6) is 0 Å². The number of rotatable bonds is 6. The molecule has 20 heavy (non-hydrogen) atoms. The summed E-state index contributed by atoms with van der Waals surface area (Å²) in [6.07, 6.45) is 2.93. The molecule has 5 heteroatoms. The lowest BCUT2D eigenvalue weighted by molar-refractivity contribution is 0.210. The standard InChI is InChI=1S/C15H22ClN3O/c1-11(12-4-3-5-13(16)8-12)19(2)10-15(6-7-15)9-14(17)18-20/h3-5,8,11,20H,6-7,9-10H2,1-2H3,(H2,17,18). The fourth-order valence-electron chi connectivity index (χ4n) is 2.67. The largest absolute Gasteiger partial charge is 0.409 e. The summed E-state index contributed by atoms with van der Waals surface area (Å²) in [6, 6.07) is 8.25. The maximum Gasteiger partial charge on any atom is 0.139 e. The van der Waals surface area contributed by atoms with Gasteiger partial charge in [-0.05, 0) is 49.9 Å². The molecule has 1 aliphatic carbocycles. The van der Waals surface area contributed by atoms with Gasteiger partial charge in [0.25, 0.3) is 0 Å². The summed E-state index contributed by atoms with van der Waals surface area (Å²) < 4.78 is 0. The lowest BCUT2D eigenvalue weighted by Crippen LogP contribution is -2.32. The molecule has 4 nitrogen and oxygen atoms in total. The molecule has 2 rings (SSSR count). The highest BCUT2D eigenvalue weighted by Crippen LogP contribution is 2.50. The van der Waals surface area contributed by atoms with Gasteiger partial charge in [-0.15, -0.1) is 0 Å². The van der Waals surface area contributed by atoms with E-state index in [1.165, 1.54) is 5.56 Å². The van der Waals surface area contributed by atoms with Gasteiger partial charge in [-0.25, -0.2) is 0 Å². The Morgan fingerprint density at radius 2 is 2.25 bits per heavy atom. The van der Waals surface area contributed by atoms with Gasteiger partial charge in [0.15, 0.2) is 0 Å². The molecule has 3 N–H and O–H groups in total. The van der Waals surface area contributed by atoms with E-state index in [0.29, 0.717) is 18.3 Å². The zero-order valence-corrected chi connectivity index (χ0v) is 12.8. The van der Waals surface area contributed by atoms with Crippen LogP contribution in [0.1, 0.15) is 37.8 Å². The van der Waals surface area contributed by atoms with Crippen molar-refractivity contribution in [3.8, 4) is 0 Å². The van der Waals surface area contributed by atoms with E-state index in [9.17, 15) is 0 Å². The minimum absolute atomic E-state index is 0.178. The third-order valence-electron chi connectivity index (χ3n) is 4.22. The van der Waals surface area contributed by atoms with Crippen molar-refractivity contribution in [1.29, 1.82) is 0 Å². The van der Waals surface area contributed by atoms with Gasteiger partial charge in [0.05, 0.1) is 0 Å². The number of halogens is 1. The van der Waals surface area contributed by atoms with E-state index in [0.717, 1.165) is 24.4 Å². The monoisotopic (exact) mass is 295 g/mol. The van der Waals surface area contributed by atoms with Crippen molar-refractivity contribution in [2.24, 2.45) is 16.3 Å². The fraction of sp³-hybridized carbons (Fsp3) is 0.533. The van der Waals surface area contributed by atoms with Gasteiger partial charge in [-0.3, -0.25) is 4.90 Å². The van der Waals surface area contributed by atoms with Crippen LogP contribution in [0.3, 0.4) is 0 Å². The van der Waals surface area contributed by atoms with E-state index >= 15 is 0 Å². The van der Waals surface area contributed by atoms with Crippen molar-refractivity contribution in [3.05, 3.63) is 34.9 Å². The van der Waals surface area contributed by atoms with Crippen LogP contribution >= 0.6 is 11.6 Å². The first-order chi connectivity index (χ1) is 9.46. The highest BCUT2D eigenvalue weighted by Gasteiger charge is 2.44. The third kappa shape index (κ3) is 3.64. The number of hydrogen-bond donors (Lipinski definition) is 2. The highest BCUT2D eigenvalue weighted by atomic mass is 35.5. The average molecular weight is 296 g/mol. The SMILES string of the molecule is CC(c1cccc(Cl)c1)N(C)CC1(CC(N)=NO)CC1. The van der Waals surface area contributed by atoms with Crippen molar-refractivity contribution in [2.75, 3.05) is 13.6 Å². The molecule has 0 bridgehead atoms. The lowest BCUT2D eigenvalue weighted by atomic mass is 9.99. The van der Waals surface area contributed by atoms with E-state index in [-0.39, 0.29) is 5.41 Å². The second-order valence-electron chi connectivity index (χ2n) is 5.91. The molecule has 0 saturated heterocycles. The summed E-state index contributed by atoms with van der Waals surface area (Å²) in [5.41, 5.74) is 7.03. The van der Waals surface area contributed by atoms with E-state index in [1.807, 2.05) is 18.2 Å². The second kappa shape index (κ2) is 6.02. The van der Waals surface area contributed by atoms with Gasteiger partial charge >= 0.3 is 0 Å². The Morgan fingerprint density at radius 3 is 2.80 bits per heavy atom. The number of nitrogens with two attached hydrogens (primary N) is 1. The molecule has 0 radical (unpaired) electrons. The van der Waals surface area contributed by atoms with E-state index < -0.39 is 0 Å². The predicted octanol–water partition coefficient (Wildman–Crippen LogP) is 3.25. The van der Waals surface area contributed by atoms with Crippen molar-refractivity contribution >= 4 is 17.4 Å². The maximum atomic E-state index is 8.71. The summed E-state index contributed by atoms with van der Waals surface area (Å²) in [4.78, 5) is 2.31. The van der Waals surface area contributed by atoms with Crippen molar-refractivity contribution in [1.82, 2.24) is 4.90 Å². The number of benzene rings is 1. The van der Waals surface area contributed by atoms with Crippen LogP contribution in [-0.4, -0.2) is 29.5 Å². The first-order valence-electron chi connectivity index (χ1n) is 6.88. The topological polar surface area (TPSA) is 61.8 Å². The molecule has 0 aliphatic heterocycles. The number of oxime groups is 1. The lowest BCUT2D eigenvalue weighted by Gasteiger charge is -2.29. The zero-order chi connectivity index (χ0) is 14.8. The van der Waals surface area contributed by atoms with Crippen LogP contribution in [0.15, 0.2) is 29.4 Å². The summed E-state index contributed by atoms with van der Waals surface area (Å²) >= 11 is 6.05. The van der Waals surface area contributed by atoms with Crippen LogP contribution in [0, 0.1) is 5.41 Å². The molecule has 1 unspecified atom stereocenters. The molecule has 1 atom stereocenters. The molecule has 110 valence electrons. The Bertz CT molecular complexity index is 500. The fourth-order valence-corrected chi connectivity index (χ4v) is 2.87. The molecular weight excluding hydrogens is 274 g/mol. The number of nitrogens with zero attached hydrogens (tertiary/aromatic N) is 2. The van der Waals surface area contributed by atoms with Gasteiger partial charge in [0.1, 0.15) is 5.84 Å². The third-order valence-corrected chi connectivity index (χ3v) is 4.45. The van der Waals surface area contributed by atoms with Crippen LogP contribution in [0.25, 0.3) is 0 Å². The maximum absolute atomic E-state index is 8.71. The van der Waals surface area contributed by atoms with Gasteiger partial charge in [-0.1, -0.05) is 28.9 Å². The molecule has 0 heterocycles. The number of amidine groups is 1. The molecule has 0 spiro atoms. The van der Waals surface area contributed by atoms with Gasteiger partial charge in [0, 0.05) is 24.0 Å². The average Bonchev–Trinajstić information content (AvgIpc) is 3.16. The Hall–Kier alpha value is -1.26. The Balaban J connectivity index is 1.99.